The van der Waals surface area contributed by atoms with Gasteiger partial charge in [0.2, 0.25) is 0 Å². The van der Waals surface area contributed by atoms with Crippen molar-refractivity contribution in [2.24, 2.45) is 5.92 Å². The van der Waals surface area contributed by atoms with Crippen LogP contribution in [-0.2, 0) is 14.3 Å². The van der Waals surface area contributed by atoms with Gasteiger partial charge in [-0.2, -0.15) is 5.26 Å². The molecule has 6 heteroatoms. The van der Waals surface area contributed by atoms with Crippen molar-refractivity contribution in [2.75, 3.05) is 13.2 Å². The molecule has 28 heavy (non-hydrogen) atoms. The smallest absolute Gasteiger partial charge is 0.344 e. The first-order chi connectivity index (χ1) is 13.5. The quantitative estimate of drug-likeness (QED) is 0.674. The predicted molar refractivity (Wildman–Crippen MR) is 104 cm³/mol. The molecule has 1 N–H and O–H groups in total. The van der Waals surface area contributed by atoms with E-state index in [1.165, 1.54) is 0 Å². The number of nitrogens with zero attached hydrogens (tertiary/aromatic N) is 1. The SMILES string of the molecule is CC(C)C[C@@H](NC(=O)COC(=O)COc1ccccc1C#N)c1ccccc1. The fourth-order valence-electron chi connectivity index (χ4n) is 2.68. The zero-order valence-corrected chi connectivity index (χ0v) is 16.1. The van der Waals surface area contributed by atoms with Gasteiger partial charge in [0.1, 0.15) is 11.8 Å². The molecule has 2 aromatic rings. The van der Waals surface area contributed by atoms with E-state index in [9.17, 15) is 9.59 Å². The highest BCUT2D eigenvalue weighted by Crippen LogP contribution is 2.21. The molecule has 0 saturated heterocycles. The van der Waals surface area contributed by atoms with Gasteiger partial charge in [0.05, 0.1) is 11.6 Å². The Balaban J connectivity index is 1.83. The second-order valence-electron chi connectivity index (χ2n) is 6.72. The Morgan fingerprint density at radius 1 is 1.04 bits per heavy atom. The summed E-state index contributed by atoms with van der Waals surface area (Å²) in [5, 5.41) is 11.9. The summed E-state index contributed by atoms with van der Waals surface area (Å²) in [6, 6.07) is 18.1. The highest BCUT2D eigenvalue weighted by atomic mass is 16.6. The first kappa shape index (κ1) is 21.0. The summed E-state index contributed by atoms with van der Waals surface area (Å²) < 4.78 is 10.3. The largest absolute Gasteiger partial charge is 0.481 e. The molecular weight excluding hydrogens is 356 g/mol. The highest BCUT2D eigenvalue weighted by molar-refractivity contribution is 5.81. The van der Waals surface area contributed by atoms with Crippen molar-refractivity contribution < 1.29 is 19.1 Å². The number of esters is 1. The third-order valence-electron chi connectivity index (χ3n) is 3.96. The zero-order valence-electron chi connectivity index (χ0n) is 16.1. The lowest BCUT2D eigenvalue weighted by Gasteiger charge is -2.21. The summed E-state index contributed by atoms with van der Waals surface area (Å²) >= 11 is 0. The molecule has 1 amide bonds. The third kappa shape index (κ3) is 6.76. The van der Waals surface area contributed by atoms with E-state index in [0.29, 0.717) is 17.2 Å². The number of amides is 1. The van der Waals surface area contributed by atoms with Gasteiger partial charge >= 0.3 is 5.97 Å². The van der Waals surface area contributed by atoms with Crippen LogP contribution in [0.2, 0.25) is 0 Å². The second kappa shape index (κ2) is 10.7. The van der Waals surface area contributed by atoms with Gasteiger partial charge in [-0.3, -0.25) is 4.79 Å². The molecule has 0 fully saturated rings. The standard InChI is InChI=1S/C22H24N2O4/c1-16(2)12-19(17-8-4-3-5-9-17)24-21(25)14-28-22(26)15-27-20-11-7-6-10-18(20)13-23/h3-11,16,19H,12,14-15H2,1-2H3,(H,24,25)/t19-/m1/s1. The molecule has 2 rings (SSSR count). The number of nitrogens with one attached hydrogen (secondary N) is 1. The van der Waals surface area contributed by atoms with Crippen LogP contribution in [0.5, 0.6) is 5.75 Å². The lowest BCUT2D eigenvalue weighted by molar-refractivity contribution is -0.150. The van der Waals surface area contributed by atoms with E-state index in [2.05, 4.69) is 19.2 Å². The van der Waals surface area contributed by atoms with Gasteiger partial charge in [-0.15, -0.1) is 0 Å². The first-order valence-electron chi connectivity index (χ1n) is 9.11. The Kier molecular flexibility index (Phi) is 8.04. The van der Waals surface area contributed by atoms with Gasteiger partial charge in [0.15, 0.2) is 13.2 Å². The number of hydrogen-bond acceptors (Lipinski definition) is 5. The van der Waals surface area contributed by atoms with Crippen molar-refractivity contribution in [2.45, 2.75) is 26.3 Å². The summed E-state index contributed by atoms with van der Waals surface area (Å²) in [6.07, 6.45) is 0.776. The van der Waals surface area contributed by atoms with E-state index >= 15 is 0 Å². The van der Waals surface area contributed by atoms with Crippen molar-refractivity contribution in [3.63, 3.8) is 0 Å². The van der Waals surface area contributed by atoms with Crippen LogP contribution in [-0.4, -0.2) is 25.1 Å². The minimum atomic E-state index is -0.678. The molecule has 0 heterocycles. The molecule has 1 atom stereocenters. The van der Waals surface area contributed by atoms with Crippen molar-refractivity contribution in [1.82, 2.24) is 5.32 Å². The monoisotopic (exact) mass is 380 g/mol. The fourth-order valence-corrected chi connectivity index (χ4v) is 2.68. The van der Waals surface area contributed by atoms with Crippen LogP contribution in [0.15, 0.2) is 54.6 Å². The van der Waals surface area contributed by atoms with Gasteiger partial charge in [-0.25, -0.2) is 4.79 Å². The van der Waals surface area contributed by atoms with Gasteiger partial charge in [0, 0.05) is 0 Å². The minimum absolute atomic E-state index is 0.147. The maximum Gasteiger partial charge on any atom is 0.344 e. The number of carbonyl (C=O) groups is 2. The molecule has 0 aliphatic rings. The van der Waals surface area contributed by atoms with Crippen molar-refractivity contribution in [3.05, 3.63) is 65.7 Å². The molecular formula is C22H24N2O4. The molecule has 6 nitrogen and oxygen atoms in total. The normalized spacial score (nSPS) is 11.4. The van der Waals surface area contributed by atoms with Gasteiger partial charge < -0.3 is 14.8 Å². The van der Waals surface area contributed by atoms with Crippen LogP contribution in [0.4, 0.5) is 0 Å². The average molecular weight is 380 g/mol. The van der Waals surface area contributed by atoms with E-state index in [0.717, 1.165) is 12.0 Å². The van der Waals surface area contributed by atoms with Crippen molar-refractivity contribution in [3.8, 4) is 11.8 Å². The Morgan fingerprint density at radius 3 is 2.39 bits per heavy atom. The van der Waals surface area contributed by atoms with E-state index < -0.39 is 5.97 Å². The average Bonchev–Trinajstić information content (AvgIpc) is 2.70. The summed E-state index contributed by atoms with van der Waals surface area (Å²) in [5.41, 5.74) is 1.33. The lowest BCUT2D eigenvalue weighted by Crippen LogP contribution is -2.33. The number of benzene rings is 2. The molecule has 0 spiro atoms. The summed E-state index contributed by atoms with van der Waals surface area (Å²) in [5.74, 6) is -0.363. The maximum atomic E-state index is 12.2. The molecule has 0 aliphatic heterocycles. The van der Waals surface area contributed by atoms with Crippen LogP contribution in [0.1, 0.15) is 37.4 Å². The summed E-state index contributed by atoms with van der Waals surface area (Å²) in [6.45, 7) is 3.40. The van der Waals surface area contributed by atoms with Gasteiger partial charge in [-0.05, 0) is 30.0 Å². The molecule has 2 aromatic carbocycles. The van der Waals surface area contributed by atoms with E-state index in [4.69, 9.17) is 14.7 Å². The molecule has 0 aliphatic carbocycles. The fraction of sp³-hybridized carbons (Fsp3) is 0.318. The van der Waals surface area contributed by atoms with Crippen LogP contribution in [0.3, 0.4) is 0 Å². The maximum absolute atomic E-state index is 12.2. The number of carbonyl (C=O) groups excluding carboxylic acids is 2. The second-order valence-corrected chi connectivity index (χ2v) is 6.72. The van der Waals surface area contributed by atoms with Gasteiger partial charge in [-0.1, -0.05) is 56.3 Å². The van der Waals surface area contributed by atoms with Crippen LogP contribution in [0, 0.1) is 17.2 Å². The molecule has 0 aromatic heterocycles. The number of nitriles is 1. The molecule has 0 unspecified atom stereocenters. The lowest BCUT2D eigenvalue weighted by atomic mass is 9.97. The number of para-hydroxylation sites is 1. The highest BCUT2D eigenvalue weighted by Gasteiger charge is 2.17. The zero-order chi connectivity index (χ0) is 20.4. The van der Waals surface area contributed by atoms with E-state index in [-0.39, 0.29) is 25.2 Å². The topological polar surface area (TPSA) is 88.4 Å². The third-order valence-corrected chi connectivity index (χ3v) is 3.96. The minimum Gasteiger partial charge on any atom is -0.481 e. The number of hydrogen-bond donors (Lipinski definition) is 1. The molecule has 0 saturated carbocycles. The Bertz CT molecular complexity index is 828. The van der Waals surface area contributed by atoms with E-state index in [1.54, 1.807) is 24.3 Å². The summed E-state index contributed by atoms with van der Waals surface area (Å²) in [7, 11) is 0. The first-order valence-corrected chi connectivity index (χ1v) is 9.11. The van der Waals surface area contributed by atoms with E-state index in [1.807, 2.05) is 36.4 Å². The molecule has 146 valence electrons. The molecule has 0 radical (unpaired) electrons. The summed E-state index contributed by atoms with van der Waals surface area (Å²) in [4.78, 5) is 24.1. The molecule has 0 bridgehead atoms. The Morgan fingerprint density at radius 2 is 1.71 bits per heavy atom. The van der Waals surface area contributed by atoms with Crippen molar-refractivity contribution in [1.29, 1.82) is 5.26 Å². The Hall–Kier alpha value is -3.33. The van der Waals surface area contributed by atoms with Crippen LogP contribution >= 0.6 is 0 Å². The van der Waals surface area contributed by atoms with Crippen molar-refractivity contribution >= 4 is 11.9 Å². The number of ether oxygens (including phenoxy) is 2. The predicted octanol–water partition coefficient (Wildman–Crippen LogP) is 3.38. The van der Waals surface area contributed by atoms with Crippen LogP contribution in [0.25, 0.3) is 0 Å². The van der Waals surface area contributed by atoms with Gasteiger partial charge in [0.25, 0.3) is 5.91 Å². The Labute approximate surface area is 165 Å². The van der Waals surface area contributed by atoms with Crippen LogP contribution < -0.4 is 10.1 Å². The number of rotatable bonds is 9.